The minimum absolute atomic E-state index is 0.0295. The van der Waals surface area contributed by atoms with Crippen LogP contribution in [0.5, 0.6) is 0 Å². The highest BCUT2D eigenvalue weighted by Gasteiger charge is 2.11. The summed E-state index contributed by atoms with van der Waals surface area (Å²) in [6.45, 7) is 3.99. The number of Topliss-reactive ketones (excluding diaryl/α,β-unsaturated/α-hetero) is 1. The van der Waals surface area contributed by atoms with Crippen LogP contribution in [0.25, 0.3) is 0 Å². The molecule has 0 atom stereocenters. The van der Waals surface area contributed by atoms with Gasteiger partial charge in [0.2, 0.25) is 0 Å². The summed E-state index contributed by atoms with van der Waals surface area (Å²) in [5, 5.41) is 3.72. The molecule has 0 N–H and O–H groups in total. The Bertz CT molecular complexity index is 294. The molecule has 13 heavy (non-hydrogen) atoms. The molecule has 0 radical (unpaired) electrons. The minimum Gasteiger partial charge on any atom is -0.371 e. The Kier molecular flexibility index (Phi) is 4.09. The highest BCUT2D eigenvalue weighted by atomic mass is 79.9. The topological polar surface area (TPSA) is 26.3 Å². The van der Waals surface area contributed by atoms with Crippen molar-refractivity contribution >= 4 is 33.0 Å². The molecular weight excluding hydrogens is 252 g/mol. The average Bonchev–Trinajstić information content (AvgIpc) is 2.47. The fourth-order valence-electron chi connectivity index (χ4n) is 0.801. The van der Waals surface area contributed by atoms with E-state index in [2.05, 4.69) is 15.9 Å². The van der Waals surface area contributed by atoms with Crippen molar-refractivity contribution in [3.63, 3.8) is 0 Å². The fraction of sp³-hybridized carbons (Fsp3) is 0.444. The summed E-state index contributed by atoms with van der Waals surface area (Å²) in [5.74, 6) is 0.0295. The Morgan fingerprint density at radius 3 is 2.77 bits per heavy atom. The van der Waals surface area contributed by atoms with Gasteiger partial charge in [-0.05, 0) is 29.8 Å². The summed E-state index contributed by atoms with van der Waals surface area (Å²) >= 11 is 4.81. The molecule has 0 aliphatic carbocycles. The van der Waals surface area contributed by atoms with E-state index in [4.69, 9.17) is 4.74 Å². The Labute approximate surface area is 90.0 Å². The first-order valence-electron chi connectivity index (χ1n) is 3.97. The summed E-state index contributed by atoms with van der Waals surface area (Å²) in [6, 6.07) is 0. The van der Waals surface area contributed by atoms with Gasteiger partial charge >= 0.3 is 0 Å². The lowest BCUT2D eigenvalue weighted by atomic mass is 10.2. The first-order valence-corrected chi connectivity index (χ1v) is 5.71. The third-order valence-electron chi connectivity index (χ3n) is 1.46. The molecule has 0 saturated carbocycles. The van der Waals surface area contributed by atoms with E-state index >= 15 is 0 Å². The van der Waals surface area contributed by atoms with Crippen LogP contribution in [0.4, 0.5) is 0 Å². The molecule has 0 fully saturated rings. The molecule has 1 aromatic heterocycles. The second-order valence-corrected chi connectivity index (χ2v) is 4.51. The molecule has 0 aliphatic rings. The second-order valence-electron chi connectivity index (χ2n) is 2.92. The first-order chi connectivity index (χ1) is 6.11. The van der Waals surface area contributed by atoms with Gasteiger partial charge in [0.25, 0.3) is 0 Å². The van der Waals surface area contributed by atoms with Crippen molar-refractivity contribution in [2.75, 3.05) is 6.61 Å². The zero-order valence-electron chi connectivity index (χ0n) is 7.54. The molecule has 4 heteroatoms. The van der Waals surface area contributed by atoms with E-state index in [1.807, 2.05) is 24.6 Å². The molecule has 2 nitrogen and oxygen atoms in total. The van der Waals surface area contributed by atoms with Crippen molar-refractivity contribution in [2.45, 2.75) is 20.0 Å². The molecule has 0 aliphatic heterocycles. The van der Waals surface area contributed by atoms with Crippen molar-refractivity contribution in [1.82, 2.24) is 0 Å². The number of hydrogen-bond acceptors (Lipinski definition) is 3. The molecule has 0 spiro atoms. The minimum atomic E-state index is 0.0295. The van der Waals surface area contributed by atoms with E-state index in [0.29, 0.717) is 5.56 Å². The van der Waals surface area contributed by atoms with Crippen molar-refractivity contribution in [3.05, 3.63) is 20.8 Å². The smallest absolute Gasteiger partial charge is 0.190 e. The fourth-order valence-corrected chi connectivity index (χ4v) is 2.32. The number of ether oxygens (including phenoxy) is 1. The molecule has 72 valence electrons. The molecule has 0 saturated heterocycles. The van der Waals surface area contributed by atoms with Crippen LogP contribution in [0.1, 0.15) is 24.2 Å². The lowest BCUT2D eigenvalue weighted by Gasteiger charge is -2.05. The van der Waals surface area contributed by atoms with Crippen LogP contribution < -0.4 is 0 Å². The number of ketones is 1. The van der Waals surface area contributed by atoms with Gasteiger partial charge in [-0.15, -0.1) is 0 Å². The van der Waals surface area contributed by atoms with Crippen LogP contribution in [0.2, 0.25) is 0 Å². The Morgan fingerprint density at radius 2 is 2.31 bits per heavy atom. The van der Waals surface area contributed by atoms with Crippen LogP contribution in [0.3, 0.4) is 0 Å². The van der Waals surface area contributed by atoms with Crippen molar-refractivity contribution in [1.29, 1.82) is 0 Å². The van der Waals surface area contributed by atoms with Gasteiger partial charge in [-0.1, -0.05) is 0 Å². The zero-order valence-corrected chi connectivity index (χ0v) is 9.94. The van der Waals surface area contributed by atoms with E-state index in [0.717, 1.165) is 4.47 Å². The highest BCUT2D eigenvalue weighted by molar-refractivity contribution is 9.10. The van der Waals surface area contributed by atoms with Crippen LogP contribution in [-0.2, 0) is 4.74 Å². The maximum atomic E-state index is 11.5. The maximum absolute atomic E-state index is 11.5. The normalized spacial score (nSPS) is 10.8. The largest absolute Gasteiger partial charge is 0.371 e. The van der Waals surface area contributed by atoms with E-state index < -0.39 is 0 Å². The van der Waals surface area contributed by atoms with Gasteiger partial charge in [0.1, 0.15) is 6.61 Å². The second kappa shape index (κ2) is 4.88. The zero-order chi connectivity index (χ0) is 9.84. The molecule has 0 bridgehead atoms. The van der Waals surface area contributed by atoms with Gasteiger partial charge in [0.05, 0.1) is 6.10 Å². The summed E-state index contributed by atoms with van der Waals surface area (Å²) < 4.78 is 6.07. The highest BCUT2D eigenvalue weighted by Crippen LogP contribution is 2.21. The predicted molar refractivity (Wildman–Crippen MR) is 57.4 cm³/mol. The number of rotatable bonds is 4. The number of thiophene rings is 1. The van der Waals surface area contributed by atoms with Crippen LogP contribution >= 0.6 is 27.3 Å². The van der Waals surface area contributed by atoms with Crippen LogP contribution in [0.15, 0.2) is 15.2 Å². The van der Waals surface area contributed by atoms with E-state index in [-0.39, 0.29) is 18.5 Å². The quantitative estimate of drug-likeness (QED) is 0.780. The number of halogens is 1. The molecule has 1 aromatic rings. The standard InChI is InChI=1S/C9H11BrO2S/c1-6(2)12-3-9(11)7-4-13-5-8(7)10/h4-6H,3H2,1-2H3. The molecule has 0 amide bonds. The number of carbonyl (C=O) groups excluding carboxylic acids is 1. The maximum Gasteiger partial charge on any atom is 0.190 e. The third kappa shape index (κ3) is 3.21. The monoisotopic (exact) mass is 262 g/mol. The van der Waals surface area contributed by atoms with Gasteiger partial charge in [0.15, 0.2) is 5.78 Å². The molecule has 0 aromatic carbocycles. The van der Waals surface area contributed by atoms with Gasteiger partial charge < -0.3 is 4.74 Å². The lowest BCUT2D eigenvalue weighted by molar-refractivity contribution is 0.0584. The Hall–Kier alpha value is -0.190. The predicted octanol–water partition coefficient (Wildman–Crippen LogP) is 3.12. The average molecular weight is 263 g/mol. The van der Waals surface area contributed by atoms with E-state index in [9.17, 15) is 4.79 Å². The van der Waals surface area contributed by atoms with Crippen LogP contribution in [-0.4, -0.2) is 18.5 Å². The molecule has 0 unspecified atom stereocenters. The molecular formula is C9H11BrO2S. The first kappa shape index (κ1) is 10.9. The van der Waals surface area contributed by atoms with Crippen LogP contribution in [0, 0.1) is 0 Å². The van der Waals surface area contributed by atoms with Gasteiger partial charge in [-0.3, -0.25) is 4.79 Å². The Balaban J connectivity index is 2.54. The van der Waals surface area contributed by atoms with Crippen molar-refractivity contribution in [3.8, 4) is 0 Å². The lowest BCUT2D eigenvalue weighted by Crippen LogP contribution is -2.13. The van der Waals surface area contributed by atoms with Crippen molar-refractivity contribution in [2.24, 2.45) is 0 Å². The van der Waals surface area contributed by atoms with Crippen molar-refractivity contribution < 1.29 is 9.53 Å². The molecule has 1 rings (SSSR count). The molecule has 1 heterocycles. The van der Waals surface area contributed by atoms with E-state index in [1.165, 1.54) is 11.3 Å². The third-order valence-corrected chi connectivity index (χ3v) is 3.17. The summed E-state index contributed by atoms with van der Waals surface area (Å²) in [6.07, 6.45) is 0.0985. The SMILES string of the molecule is CC(C)OCC(=O)c1cscc1Br. The summed E-state index contributed by atoms with van der Waals surface area (Å²) in [5.41, 5.74) is 0.714. The van der Waals surface area contributed by atoms with Gasteiger partial charge in [-0.2, -0.15) is 11.3 Å². The Morgan fingerprint density at radius 1 is 1.62 bits per heavy atom. The number of carbonyl (C=O) groups is 1. The summed E-state index contributed by atoms with van der Waals surface area (Å²) in [4.78, 5) is 11.5. The van der Waals surface area contributed by atoms with E-state index in [1.54, 1.807) is 0 Å². The van der Waals surface area contributed by atoms with Gasteiger partial charge in [0, 0.05) is 20.8 Å². The van der Waals surface area contributed by atoms with Gasteiger partial charge in [-0.25, -0.2) is 0 Å². The summed E-state index contributed by atoms with van der Waals surface area (Å²) in [7, 11) is 0. The number of hydrogen-bond donors (Lipinski definition) is 0.